The van der Waals surface area contributed by atoms with Gasteiger partial charge in [0.1, 0.15) is 0 Å². The lowest BCUT2D eigenvalue weighted by molar-refractivity contribution is 0.818. The first-order valence-corrected chi connectivity index (χ1v) is 4.78. The van der Waals surface area contributed by atoms with E-state index in [1.165, 1.54) is 0 Å². The quantitative estimate of drug-likeness (QED) is 0.787. The van der Waals surface area contributed by atoms with Crippen LogP contribution in [0, 0.1) is 3.57 Å². The standard InChI is InChI=1S/C8H9ClIN/c1-5(11)6-3-2-4-7(10)8(6)9/h2-5H,11H2,1H3/t5-/m0/s1. The van der Waals surface area contributed by atoms with Crippen molar-refractivity contribution in [3.8, 4) is 0 Å². The monoisotopic (exact) mass is 281 g/mol. The molecule has 1 rings (SSSR count). The van der Waals surface area contributed by atoms with Crippen LogP contribution in [0.5, 0.6) is 0 Å². The molecule has 0 saturated heterocycles. The highest BCUT2D eigenvalue weighted by Crippen LogP contribution is 2.25. The number of hydrogen-bond donors (Lipinski definition) is 1. The number of nitrogens with two attached hydrogens (primary N) is 1. The minimum atomic E-state index is 0.0113. The summed E-state index contributed by atoms with van der Waals surface area (Å²) in [4.78, 5) is 0. The van der Waals surface area contributed by atoms with Crippen LogP contribution < -0.4 is 5.73 Å². The largest absolute Gasteiger partial charge is 0.324 e. The van der Waals surface area contributed by atoms with Gasteiger partial charge in [-0.15, -0.1) is 0 Å². The highest BCUT2D eigenvalue weighted by Gasteiger charge is 2.06. The number of rotatable bonds is 1. The van der Waals surface area contributed by atoms with Crippen molar-refractivity contribution in [2.24, 2.45) is 5.73 Å². The van der Waals surface area contributed by atoms with Gasteiger partial charge in [0, 0.05) is 9.61 Å². The van der Waals surface area contributed by atoms with E-state index in [4.69, 9.17) is 17.3 Å². The Labute approximate surface area is 85.1 Å². The zero-order chi connectivity index (χ0) is 8.43. The lowest BCUT2D eigenvalue weighted by Gasteiger charge is -2.08. The van der Waals surface area contributed by atoms with Crippen LogP contribution in [-0.4, -0.2) is 0 Å². The van der Waals surface area contributed by atoms with Crippen molar-refractivity contribution < 1.29 is 0 Å². The van der Waals surface area contributed by atoms with Crippen molar-refractivity contribution >= 4 is 34.2 Å². The molecule has 11 heavy (non-hydrogen) atoms. The van der Waals surface area contributed by atoms with E-state index in [0.29, 0.717) is 0 Å². The van der Waals surface area contributed by atoms with E-state index in [2.05, 4.69) is 22.6 Å². The number of halogens is 2. The van der Waals surface area contributed by atoms with Gasteiger partial charge in [-0.3, -0.25) is 0 Å². The van der Waals surface area contributed by atoms with Crippen LogP contribution in [0.1, 0.15) is 18.5 Å². The average molecular weight is 282 g/mol. The molecule has 1 aromatic rings. The first-order chi connectivity index (χ1) is 5.13. The molecular formula is C8H9ClIN. The topological polar surface area (TPSA) is 26.0 Å². The molecule has 1 aromatic carbocycles. The third-order valence-corrected chi connectivity index (χ3v) is 3.11. The zero-order valence-electron chi connectivity index (χ0n) is 6.14. The summed E-state index contributed by atoms with van der Waals surface area (Å²) in [5, 5.41) is 0.781. The van der Waals surface area contributed by atoms with Crippen LogP contribution in [0.25, 0.3) is 0 Å². The maximum Gasteiger partial charge on any atom is 0.0587 e. The molecule has 0 aromatic heterocycles. The van der Waals surface area contributed by atoms with Gasteiger partial charge in [0.25, 0.3) is 0 Å². The normalized spacial score (nSPS) is 13.1. The molecule has 0 radical (unpaired) electrons. The van der Waals surface area contributed by atoms with E-state index in [-0.39, 0.29) is 6.04 Å². The van der Waals surface area contributed by atoms with Gasteiger partial charge in [-0.05, 0) is 41.1 Å². The Morgan fingerprint density at radius 3 is 2.64 bits per heavy atom. The Balaban J connectivity index is 3.17. The summed E-state index contributed by atoms with van der Waals surface area (Å²) in [5.41, 5.74) is 6.71. The van der Waals surface area contributed by atoms with E-state index in [1.807, 2.05) is 25.1 Å². The minimum absolute atomic E-state index is 0.0113. The molecule has 0 amide bonds. The molecule has 60 valence electrons. The van der Waals surface area contributed by atoms with Gasteiger partial charge < -0.3 is 5.73 Å². The molecule has 2 N–H and O–H groups in total. The predicted octanol–water partition coefficient (Wildman–Crippen LogP) is 2.96. The van der Waals surface area contributed by atoms with E-state index in [0.717, 1.165) is 14.2 Å². The maximum atomic E-state index is 6.00. The van der Waals surface area contributed by atoms with Gasteiger partial charge in [-0.25, -0.2) is 0 Å². The van der Waals surface area contributed by atoms with Crippen LogP contribution in [0.4, 0.5) is 0 Å². The lowest BCUT2D eigenvalue weighted by Crippen LogP contribution is -2.05. The Morgan fingerprint density at radius 1 is 1.55 bits per heavy atom. The summed E-state index contributed by atoms with van der Waals surface area (Å²) in [6, 6.07) is 5.90. The summed E-state index contributed by atoms with van der Waals surface area (Å²) >= 11 is 8.20. The average Bonchev–Trinajstić information content (AvgIpc) is 1.94. The van der Waals surface area contributed by atoms with Gasteiger partial charge in [0.15, 0.2) is 0 Å². The fraction of sp³-hybridized carbons (Fsp3) is 0.250. The van der Waals surface area contributed by atoms with E-state index in [9.17, 15) is 0 Å². The second-order valence-electron chi connectivity index (χ2n) is 2.43. The molecule has 0 aliphatic rings. The molecule has 0 heterocycles. The summed E-state index contributed by atoms with van der Waals surface area (Å²) < 4.78 is 1.05. The molecule has 1 atom stereocenters. The van der Waals surface area contributed by atoms with Crippen LogP contribution in [-0.2, 0) is 0 Å². The number of benzene rings is 1. The van der Waals surface area contributed by atoms with Gasteiger partial charge in [0.05, 0.1) is 5.02 Å². The van der Waals surface area contributed by atoms with Crippen molar-refractivity contribution in [3.05, 3.63) is 32.4 Å². The van der Waals surface area contributed by atoms with Crippen LogP contribution in [0.2, 0.25) is 5.02 Å². The van der Waals surface area contributed by atoms with Crippen molar-refractivity contribution in [1.29, 1.82) is 0 Å². The SMILES string of the molecule is C[C@H](N)c1cccc(I)c1Cl. The minimum Gasteiger partial charge on any atom is -0.324 e. The van der Waals surface area contributed by atoms with Crippen LogP contribution >= 0.6 is 34.2 Å². The molecule has 0 aliphatic heterocycles. The molecule has 0 bridgehead atoms. The fourth-order valence-corrected chi connectivity index (χ4v) is 1.69. The Morgan fingerprint density at radius 2 is 2.18 bits per heavy atom. The van der Waals surface area contributed by atoms with Crippen LogP contribution in [0.3, 0.4) is 0 Å². The second-order valence-corrected chi connectivity index (χ2v) is 3.97. The Kier molecular flexibility index (Phi) is 3.16. The predicted molar refractivity (Wildman–Crippen MR) is 56.8 cm³/mol. The summed E-state index contributed by atoms with van der Waals surface area (Å²) in [7, 11) is 0. The van der Waals surface area contributed by atoms with Crippen molar-refractivity contribution in [3.63, 3.8) is 0 Å². The van der Waals surface area contributed by atoms with Gasteiger partial charge in [-0.2, -0.15) is 0 Å². The molecule has 1 nitrogen and oxygen atoms in total. The maximum absolute atomic E-state index is 6.00. The highest BCUT2D eigenvalue weighted by molar-refractivity contribution is 14.1. The Bertz CT molecular complexity index is 260. The third-order valence-electron chi connectivity index (χ3n) is 1.47. The molecule has 0 spiro atoms. The second kappa shape index (κ2) is 3.74. The summed E-state index contributed by atoms with van der Waals surface area (Å²) in [6.07, 6.45) is 0. The van der Waals surface area contributed by atoms with E-state index in [1.54, 1.807) is 0 Å². The van der Waals surface area contributed by atoms with Gasteiger partial charge in [-0.1, -0.05) is 23.7 Å². The molecule has 0 saturated carbocycles. The van der Waals surface area contributed by atoms with Gasteiger partial charge in [0.2, 0.25) is 0 Å². The third kappa shape index (κ3) is 2.07. The summed E-state index contributed by atoms with van der Waals surface area (Å²) in [6.45, 7) is 1.93. The first kappa shape index (κ1) is 9.29. The zero-order valence-corrected chi connectivity index (χ0v) is 9.06. The van der Waals surface area contributed by atoms with E-state index < -0.39 is 0 Å². The van der Waals surface area contributed by atoms with Crippen molar-refractivity contribution in [2.75, 3.05) is 0 Å². The number of hydrogen-bond acceptors (Lipinski definition) is 1. The molecular weight excluding hydrogens is 272 g/mol. The Hall–Kier alpha value is 0.200. The summed E-state index contributed by atoms with van der Waals surface area (Å²) in [5.74, 6) is 0. The molecule has 0 fully saturated rings. The van der Waals surface area contributed by atoms with Crippen molar-refractivity contribution in [2.45, 2.75) is 13.0 Å². The first-order valence-electron chi connectivity index (χ1n) is 3.32. The lowest BCUT2D eigenvalue weighted by atomic mass is 10.1. The smallest absolute Gasteiger partial charge is 0.0587 e. The van der Waals surface area contributed by atoms with Crippen LogP contribution in [0.15, 0.2) is 18.2 Å². The molecule has 0 unspecified atom stereocenters. The van der Waals surface area contributed by atoms with E-state index >= 15 is 0 Å². The van der Waals surface area contributed by atoms with Gasteiger partial charge >= 0.3 is 0 Å². The highest BCUT2D eigenvalue weighted by atomic mass is 127. The molecule has 3 heteroatoms. The van der Waals surface area contributed by atoms with Crippen molar-refractivity contribution in [1.82, 2.24) is 0 Å². The molecule has 0 aliphatic carbocycles. The fourth-order valence-electron chi connectivity index (χ4n) is 0.872.